The van der Waals surface area contributed by atoms with Crippen LogP contribution in [0, 0.1) is 0 Å². The van der Waals surface area contributed by atoms with E-state index in [4.69, 9.17) is 13.0 Å². The van der Waals surface area contributed by atoms with Crippen LogP contribution in [0.15, 0.2) is 12.2 Å². The molecule has 140 valence electrons. The molecular weight excluding hydrogens is 360 g/mol. The van der Waals surface area contributed by atoms with Crippen molar-refractivity contribution in [3.8, 4) is 0 Å². The molecule has 24 heavy (non-hydrogen) atoms. The van der Waals surface area contributed by atoms with Crippen molar-refractivity contribution >= 4 is 37.1 Å². The highest BCUT2D eigenvalue weighted by molar-refractivity contribution is 6.88. The number of carbonyl (C=O) groups excluding carboxylic acids is 2. The van der Waals surface area contributed by atoms with E-state index in [1.54, 1.807) is 0 Å². The van der Waals surface area contributed by atoms with E-state index in [1.807, 2.05) is 13.5 Å². The summed E-state index contributed by atoms with van der Waals surface area (Å²) in [5.74, 6) is -1.19. The molecule has 1 unspecified atom stereocenters. The van der Waals surface area contributed by atoms with Gasteiger partial charge in [-0.3, -0.25) is 0 Å². The van der Waals surface area contributed by atoms with Crippen molar-refractivity contribution in [3.63, 3.8) is 0 Å². The second kappa shape index (κ2) is 9.09. The van der Waals surface area contributed by atoms with Gasteiger partial charge in [0.05, 0.1) is 7.11 Å². The highest BCUT2D eigenvalue weighted by Gasteiger charge is 2.48. The van der Waals surface area contributed by atoms with Gasteiger partial charge in [-0.2, -0.15) is 0 Å². The number of esters is 2. The molecule has 0 spiro atoms. The molecule has 0 saturated heterocycles. The SMILES string of the molecule is CCC(OC(=O)/C=C/C(=O)OC)[Si](C)(O[Si](C)(C)C)O[Si](C)(C)C. The van der Waals surface area contributed by atoms with Crippen LogP contribution in [-0.2, 0) is 27.3 Å². The van der Waals surface area contributed by atoms with Crippen LogP contribution in [0.2, 0.25) is 45.8 Å². The lowest BCUT2D eigenvalue weighted by atomic mass is 10.5. The summed E-state index contributed by atoms with van der Waals surface area (Å²) in [6.45, 7) is 16.5. The van der Waals surface area contributed by atoms with E-state index >= 15 is 0 Å². The maximum atomic E-state index is 12.0. The van der Waals surface area contributed by atoms with Gasteiger partial charge in [0, 0.05) is 12.2 Å². The lowest BCUT2D eigenvalue weighted by Crippen LogP contribution is -2.60. The van der Waals surface area contributed by atoms with E-state index in [0.29, 0.717) is 6.42 Å². The Bertz CT molecular complexity index is 449. The quantitative estimate of drug-likeness (QED) is 0.340. The predicted octanol–water partition coefficient (Wildman–Crippen LogP) is 3.35. The van der Waals surface area contributed by atoms with Gasteiger partial charge < -0.3 is 17.7 Å². The van der Waals surface area contributed by atoms with Crippen molar-refractivity contribution in [2.75, 3.05) is 7.11 Å². The Morgan fingerprint density at radius 1 is 0.875 bits per heavy atom. The third-order valence-corrected chi connectivity index (χ3v) is 12.6. The fraction of sp³-hybridized carbons (Fsp3) is 0.733. The van der Waals surface area contributed by atoms with E-state index in [2.05, 4.69) is 44.0 Å². The topological polar surface area (TPSA) is 71.1 Å². The van der Waals surface area contributed by atoms with Gasteiger partial charge in [-0.15, -0.1) is 0 Å². The Hall–Kier alpha value is -0.749. The maximum absolute atomic E-state index is 12.0. The molecule has 0 aliphatic heterocycles. The minimum atomic E-state index is -2.75. The largest absolute Gasteiger partial charge is 0.466 e. The zero-order chi connectivity index (χ0) is 19.2. The minimum absolute atomic E-state index is 0.439. The van der Waals surface area contributed by atoms with Gasteiger partial charge in [-0.1, -0.05) is 6.92 Å². The average molecular weight is 393 g/mol. The van der Waals surface area contributed by atoms with E-state index in [9.17, 15) is 9.59 Å². The van der Waals surface area contributed by atoms with Crippen molar-refractivity contribution in [1.29, 1.82) is 0 Å². The second-order valence-electron chi connectivity index (χ2n) is 7.64. The van der Waals surface area contributed by atoms with Crippen molar-refractivity contribution in [3.05, 3.63) is 12.2 Å². The predicted molar refractivity (Wildman–Crippen MR) is 102 cm³/mol. The maximum Gasteiger partial charge on any atom is 0.356 e. The van der Waals surface area contributed by atoms with E-state index in [0.717, 1.165) is 12.2 Å². The van der Waals surface area contributed by atoms with E-state index < -0.39 is 42.9 Å². The first-order valence-corrected chi connectivity index (χ1v) is 17.3. The molecule has 0 aromatic heterocycles. The molecule has 0 aliphatic carbocycles. The Labute approximate surface area is 149 Å². The van der Waals surface area contributed by atoms with E-state index in [-0.39, 0.29) is 0 Å². The fourth-order valence-electron chi connectivity index (χ4n) is 2.31. The molecule has 0 bridgehead atoms. The zero-order valence-corrected chi connectivity index (χ0v) is 19.4. The standard InChI is InChI=1S/C15H32O6Si3/c1-10-15(19-14(17)12-11-13(16)18-2)24(9,20-22(3,4)5)21-23(6,7)8/h11-12,15H,10H2,1-9H3/b12-11+. The first kappa shape index (κ1) is 23.3. The van der Waals surface area contributed by atoms with Crippen molar-refractivity contribution < 1.29 is 27.3 Å². The van der Waals surface area contributed by atoms with Gasteiger partial charge in [0.25, 0.3) is 0 Å². The van der Waals surface area contributed by atoms with Gasteiger partial charge in [-0.25, -0.2) is 9.59 Å². The fourth-order valence-corrected chi connectivity index (χ4v) is 14.7. The van der Waals surface area contributed by atoms with Crippen molar-refractivity contribution in [2.45, 2.75) is 64.9 Å². The molecule has 0 aromatic carbocycles. The smallest absolute Gasteiger partial charge is 0.356 e. The van der Waals surface area contributed by atoms with Crippen LogP contribution in [0.3, 0.4) is 0 Å². The Morgan fingerprint density at radius 2 is 1.29 bits per heavy atom. The van der Waals surface area contributed by atoms with Gasteiger partial charge in [0.1, 0.15) is 5.73 Å². The number of hydrogen-bond donors (Lipinski definition) is 0. The summed E-state index contributed by atoms with van der Waals surface area (Å²) in [6, 6.07) is 0. The summed E-state index contributed by atoms with van der Waals surface area (Å²) in [6.07, 6.45) is 2.72. The molecule has 0 saturated carbocycles. The molecule has 1 atom stereocenters. The Kier molecular flexibility index (Phi) is 8.80. The third kappa shape index (κ3) is 9.52. The van der Waals surface area contributed by atoms with Gasteiger partial charge in [0.15, 0.2) is 16.6 Å². The molecular formula is C15H32O6Si3. The normalized spacial score (nSPS) is 14.5. The second-order valence-corrected chi connectivity index (χ2v) is 20.4. The summed E-state index contributed by atoms with van der Waals surface area (Å²) >= 11 is 0. The Morgan fingerprint density at radius 3 is 1.62 bits per heavy atom. The molecule has 0 amide bonds. The van der Waals surface area contributed by atoms with Crippen LogP contribution in [-0.4, -0.2) is 50.0 Å². The molecule has 0 aliphatic rings. The summed E-state index contributed by atoms with van der Waals surface area (Å²) in [7, 11) is -5.27. The summed E-state index contributed by atoms with van der Waals surface area (Å²) in [5, 5.41) is 0. The molecule has 0 rings (SSSR count). The highest BCUT2D eigenvalue weighted by Crippen LogP contribution is 2.27. The van der Waals surface area contributed by atoms with E-state index in [1.165, 1.54) is 7.11 Å². The lowest BCUT2D eigenvalue weighted by Gasteiger charge is -2.42. The number of methoxy groups -OCH3 is 1. The van der Waals surface area contributed by atoms with Crippen LogP contribution in [0.4, 0.5) is 0 Å². The van der Waals surface area contributed by atoms with Crippen LogP contribution in [0.25, 0.3) is 0 Å². The molecule has 6 nitrogen and oxygen atoms in total. The highest BCUT2D eigenvalue weighted by atomic mass is 28.5. The first-order chi connectivity index (χ1) is 10.7. The number of ether oxygens (including phenoxy) is 2. The zero-order valence-electron chi connectivity index (χ0n) is 16.4. The van der Waals surface area contributed by atoms with Crippen molar-refractivity contribution in [1.82, 2.24) is 0 Å². The molecule has 9 heteroatoms. The summed E-state index contributed by atoms with van der Waals surface area (Å²) < 4.78 is 22.8. The minimum Gasteiger partial charge on any atom is -0.466 e. The van der Waals surface area contributed by atoms with Crippen LogP contribution in [0.1, 0.15) is 13.3 Å². The third-order valence-electron chi connectivity index (χ3n) is 2.79. The van der Waals surface area contributed by atoms with Crippen LogP contribution >= 0.6 is 0 Å². The molecule has 0 aromatic rings. The molecule has 0 fully saturated rings. The molecule has 0 N–H and O–H groups in total. The molecule has 0 radical (unpaired) electrons. The number of hydrogen-bond acceptors (Lipinski definition) is 6. The lowest BCUT2D eigenvalue weighted by molar-refractivity contribution is -0.142. The Balaban J connectivity index is 5.35. The van der Waals surface area contributed by atoms with Gasteiger partial charge >= 0.3 is 20.5 Å². The van der Waals surface area contributed by atoms with Crippen LogP contribution < -0.4 is 0 Å². The number of carbonyl (C=O) groups is 2. The van der Waals surface area contributed by atoms with Crippen LogP contribution in [0.5, 0.6) is 0 Å². The average Bonchev–Trinajstić information content (AvgIpc) is 2.37. The summed E-state index contributed by atoms with van der Waals surface area (Å²) in [5.41, 5.74) is -0.439. The monoisotopic (exact) mass is 392 g/mol. The van der Waals surface area contributed by atoms with Crippen molar-refractivity contribution in [2.24, 2.45) is 0 Å². The number of rotatable bonds is 9. The van der Waals surface area contributed by atoms with Gasteiger partial charge in [-0.05, 0) is 52.2 Å². The molecule has 0 heterocycles. The first-order valence-electron chi connectivity index (χ1n) is 8.09. The van der Waals surface area contributed by atoms with Gasteiger partial charge in [0.2, 0.25) is 0 Å². The summed E-state index contributed by atoms with van der Waals surface area (Å²) in [4.78, 5) is 23.1.